The Bertz CT molecular complexity index is 357. The maximum absolute atomic E-state index is 12.1. The van der Waals surface area contributed by atoms with Gasteiger partial charge in [-0.05, 0) is 32.9 Å². The highest BCUT2D eigenvalue weighted by Crippen LogP contribution is 2.17. The van der Waals surface area contributed by atoms with Crippen molar-refractivity contribution >= 4 is 11.8 Å². The third-order valence-electron chi connectivity index (χ3n) is 4.90. The zero-order valence-electron chi connectivity index (χ0n) is 15.9. The summed E-state index contributed by atoms with van der Waals surface area (Å²) in [6, 6.07) is 0. The number of nitrogens with zero attached hydrogens (tertiary/aromatic N) is 1. The van der Waals surface area contributed by atoms with Gasteiger partial charge in [0.05, 0.1) is 13.2 Å². The lowest BCUT2D eigenvalue weighted by molar-refractivity contribution is -0.153. The molecule has 0 spiro atoms. The van der Waals surface area contributed by atoms with E-state index in [2.05, 4.69) is 11.8 Å². The number of Topliss-reactive ketones (excluding diaryl/α,β-unsaturated/α-hetero) is 1. The number of ketones is 1. The second kappa shape index (κ2) is 13.4. The molecule has 1 unspecified atom stereocenters. The van der Waals surface area contributed by atoms with Crippen LogP contribution in [0.25, 0.3) is 0 Å². The lowest BCUT2D eigenvalue weighted by Gasteiger charge is -2.29. The Morgan fingerprint density at radius 1 is 1.00 bits per heavy atom. The van der Waals surface area contributed by atoms with E-state index in [0.29, 0.717) is 19.6 Å². The quantitative estimate of drug-likeness (QED) is 0.284. The lowest BCUT2D eigenvalue weighted by Crippen LogP contribution is -2.44. The highest BCUT2D eigenvalue weighted by atomic mass is 16.5. The van der Waals surface area contributed by atoms with Gasteiger partial charge in [0.1, 0.15) is 5.92 Å². The first kappa shape index (κ1) is 21.1. The first-order valence-corrected chi connectivity index (χ1v) is 10.1. The van der Waals surface area contributed by atoms with Crippen LogP contribution in [0.2, 0.25) is 0 Å². The van der Waals surface area contributed by atoms with Crippen LogP contribution in [0.4, 0.5) is 0 Å². The minimum Gasteiger partial charge on any atom is -0.465 e. The predicted molar refractivity (Wildman–Crippen MR) is 98.0 cm³/mol. The molecule has 1 rings (SSSR count). The molecule has 1 aliphatic heterocycles. The molecule has 140 valence electrons. The van der Waals surface area contributed by atoms with E-state index in [-0.39, 0.29) is 11.8 Å². The van der Waals surface area contributed by atoms with Crippen molar-refractivity contribution < 1.29 is 14.3 Å². The van der Waals surface area contributed by atoms with Crippen LogP contribution in [0.1, 0.15) is 84.5 Å². The summed E-state index contributed by atoms with van der Waals surface area (Å²) in [7, 11) is 0. The van der Waals surface area contributed by atoms with Crippen molar-refractivity contribution in [3.63, 3.8) is 0 Å². The van der Waals surface area contributed by atoms with Gasteiger partial charge in [0, 0.05) is 0 Å². The smallest absolute Gasteiger partial charge is 0.316 e. The van der Waals surface area contributed by atoms with Gasteiger partial charge in [-0.1, -0.05) is 64.7 Å². The predicted octanol–water partition coefficient (Wildman–Crippen LogP) is 4.36. The zero-order valence-corrected chi connectivity index (χ0v) is 15.9. The maximum atomic E-state index is 12.1. The Morgan fingerprint density at radius 3 is 2.12 bits per heavy atom. The van der Waals surface area contributed by atoms with Crippen LogP contribution in [0.15, 0.2) is 0 Å². The van der Waals surface area contributed by atoms with Gasteiger partial charge in [0.2, 0.25) is 0 Å². The van der Waals surface area contributed by atoms with E-state index in [1.807, 2.05) is 0 Å². The summed E-state index contributed by atoms with van der Waals surface area (Å²) < 4.78 is 4.98. The van der Waals surface area contributed by atoms with E-state index in [0.717, 1.165) is 19.5 Å². The van der Waals surface area contributed by atoms with Crippen LogP contribution >= 0.6 is 0 Å². The summed E-state index contributed by atoms with van der Waals surface area (Å²) in [5.74, 6) is -0.818. The van der Waals surface area contributed by atoms with Crippen molar-refractivity contribution in [3.05, 3.63) is 0 Å². The first-order chi connectivity index (χ1) is 11.7. The fraction of sp³-hybridized carbons (Fsp3) is 0.900. The molecular weight excluding hydrogens is 302 g/mol. The molecule has 1 atom stereocenters. The SMILES string of the molecule is CCCCCCCCCCCCN1CCC(C(=O)OCC)C(=O)C1. The molecule has 4 heteroatoms. The fourth-order valence-corrected chi connectivity index (χ4v) is 3.39. The van der Waals surface area contributed by atoms with Crippen LogP contribution in [0, 0.1) is 5.92 Å². The van der Waals surface area contributed by atoms with Crippen LogP contribution < -0.4 is 0 Å². The van der Waals surface area contributed by atoms with Gasteiger partial charge in [-0.15, -0.1) is 0 Å². The van der Waals surface area contributed by atoms with E-state index in [1.54, 1.807) is 6.92 Å². The summed E-state index contributed by atoms with van der Waals surface area (Å²) in [5, 5.41) is 0. The normalized spacial score (nSPS) is 18.8. The highest BCUT2D eigenvalue weighted by Gasteiger charge is 2.33. The maximum Gasteiger partial charge on any atom is 0.316 e. The Balaban J connectivity index is 1.99. The Labute approximate surface area is 148 Å². The molecule has 1 fully saturated rings. The summed E-state index contributed by atoms with van der Waals surface area (Å²) in [5.41, 5.74) is 0. The Morgan fingerprint density at radius 2 is 1.58 bits per heavy atom. The molecule has 1 heterocycles. The highest BCUT2D eigenvalue weighted by molar-refractivity contribution is 6.00. The number of unbranched alkanes of at least 4 members (excludes halogenated alkanes) is 9. The summed E-state index contributed by atoms with van der Waals surface area (Å²) in [6.07, 6.45) is 13.9. The molecular formula is C20H37NO3. The molecule has 0 aromatic heterocycles. The number of esters is 1. The van der Waals surface area contributed by atoms with Gasteiger partial charge >= 0.3 is 5.97 Å². The topological polar surface area (TPSA) is 46.6 Å². The van der Waals surface area contributed by atoms with Crippen LogP contribution in [-0.2, 0) is 14.3 Å². The first-order valence-electron chi connectivity index (χ1n) is 10.1. The molecule has 0 amide bonds. The standard InChI is InChI=1S/C20H37NO3/c1-3-5-6-7-8-9-10-11-12-13-15-21-16-14-18(19(22)17-21)20(23)24-4-2/h18H,3-17H2,1-2H3. The van der Waals surface area contributed by atoms with Crippen molar-refractivity contribution in [1.82, 2.24) is 4.90 Å². The largest absolute Gasteiger partial charge is 0.465 e. The summed E-state index contributed by atoms with van der Waals surface area (Å²) >= 11 is 0. The van der Waals surface area contributed by atoms with E-state index >= 15 is 0 Å². The molecule has 0 aliphatic carbocycles. The van der Waals surface area contributed by atoms with Gasteiger partial charge in [-0.2, -0.15) is 0 Å². The number of carbonyl (C=O) groups excluding carboxylic acids is 2. The molecule has 1 aliphatic rings. The minimum absolute atomic E-state index is 0.0341. The summed E-state index contributed by atoms with van der Waals surface area (Å²) in [4.78, 5) is 26.0. The molecule has 0 aromatic rings. The van der Waals surface area contributed by atoms with Crippen LogP contribution in [0.3, 0.4) is 0 Å². The number of carbonyl (C=O) groups is 2. The number of ether oxygens (including phenoxy) is 1. The lowest BCUT2D eigenvalue weighted by atomic mass is 9.95. The van der Waals surface area contributed by atoms with E-state index in [9.17, 15) is 9.59 Å². The van der Waals surface area contributed by atoms with Gasteiger partial charge in [-0.3, -0.25) is 14.5 Å². The van der Waals surface area contributed by atoms with E-state index < -0.39 is 5.92 Å². The second-order valence-corrected chi connectivity index (χ2v) is 7.02. The van der Waals surface area contributed by atoms with Crippen molar-refractivity contribution in [3.8, 4) is 0 Å². The third-order valence-corrected chi connectivity index (χ3v) is 4.90. The number of likely N-dealkylation sites (tertiary alicyclic amines) is 1. The van der Waals surface area contributed by atoms with Crippen molar-refractivity contribution in [2.45, 2.75) is 84.5 Å². The Kier molecular flexibility index (Phi) is 11.8. The van der Waals surface area contributed by atoms with Crippen molar-refractivity contribution in [2.75, 3.05) is 26.2 Å². The van der Waals surface area contributed by atoms with Gasteiger partial charge < -0.3 is 4.74 Å². The molecule has 0 radical (unpaired) electrons. The van der Waals surface area contributed by atoms with Crippen molar-refractivity contribution in [2.24, 2.45) is 5.92 Å². The second-order valence-electron chi connectivity index (χ2n) is 7.02. The van der Waals surface area contributed by atoms with Crippen molar-refractivity contribution in [1.29, 1.82) is 0 Å². The number of piperidine rings is 1. The molecule has 0 aromatic carbocycles. The molecule has 4 nitrogen and oxygen atoms in total. The molecule has 0 N–H and O–H groups in total. The average molecular weight is 340 g/mol. The van der Waals surface area contributed by atoms with Gasteiger partial charge in [0.25, 0.3) is 0 Å². The van der Waals surface area contributed by atoms with Crippen LogP contribution in [0.5, 0.6) is 0 Å². The van der Waals surface area contributed by atoms with Crippen LogP contribution in [-0.4, -0.2) is 42.9 Å². The monoisotopic (exact) mass is 339 g/mol. The Hall–Kier alpha value is -0.900. The zero-order chi connectivity index (χ0) is 17.6. The molecule has 0 saturated carbocycles. The molecule has 24 heavy (non-hydrogen) atoms. The number of hydrogen-bond acceptors (Lipinski definition) is 4. The molecule has 0 bridgehead atoms. The van der Waals surface area contributed by atoms with Gasteiger partial charge in [0.15, 0.2) is 5.78 Å². The van der Waals surface area contributed by atoms with Gasteiger partial charge in [-0.25, -0.2) is 0 Å². The van der Waals surface area contributed by atoms with E-state index in [4.69, 9.17) is 4.74 Å². The minimum atomic E-state index is -0.520. The third kappa shape index (κ3) is 8.81. The average Bonchev–Trinajstić information content (AvgIpc) is 2.57. The number of rotatable bonds is 13. The fourth-order valence-electron chi connectivity index (χ4n) is 3.39. The van der Waals surface area contributed by atoms with E-state index in [1.165, 1.54) is 57.8 Å². The number of hydrogen-bond donors (Lipinski definition) is 0. The molecule has 1 saturated heterocycles. The summed E-state index contributed by atoms with van der Waals surface area (Å²) in [6.45, 7) is 6.63.